The number of para-hydroxylation sites is 1. The zero-order valence-electron chi connectivity index (χ0n) is 14.5. The third-order valence-corrected chi connectivity index (χ3v) is 5.12. The highest BCUT2D eigenvalue weighted by atomic mass is 32.1. The van der Waals surface area contributed by atoms with Gasteiger partial charge in [0.05, 0.1) is 10.7 Å². The summed E-state index contributed by atoms with van der Waals surface area (Å²) >= 11 is 1.64. The first-order chi connectivity index (χ1) is 12.7. The van der Waals surface area contributed by atoms with Gasteiger partial charge in [-0.15, -0.1) is 11.3 Å². The number of benzene rings is 2. The molecule has 4 aromatic rings. The number of anilines is 1. The van der Waals surface area contributed by atoms with E-state index in [1.807, 2.05) is 54.9 Å². The molecule has 2 aromatic carbocycles. The first-order valence-corrected chi connectivity index (χ1v) is 9.43. The van der Waals surface area contributed by atoms with Crippen LogP contribution in [0.5, 0.6) is 0 Å². The maximum atomic E-state index is 12.3. The molecule has 0 spiro atoms. The molecule has 5 heteroatoms. The van der Waals surface area contributed by atoms with Crippen molar-refractivity contribution in [3.8, 4) is 11.3 Å². The van der Waals surface area contributed by atoms with E-state index in [1.54, 1.807) is 11.3 Å². The molecule has 0 radical (unpaired) electrons. The molecule has 26 heavy (non-hydrogen) atoms. The number of aryl methyl sites for hydroxylation is 2. The largest absolute Gasteiger partial charge is 0.347 e. The molecule has 0 fully saturated rings. The van der Waals surface area contributed by atoms with E-state index < -0.39 is 0 Å². The summed E-state index contributed by atoms with van der Waals surface area (Å²) in [7, 11) is 0. The lowest BCUT2D eigenvalue weighted by Crippen LogP contribution is -2.14. The Morgan fingerprint density at radius 3 is 2.69 bits per heavy atom. The lowest BCUT2D eigenvalue weighted by Gasteiger charge is -2.08. The van der Waals surface area contributed by atoms with E-state index in [4.69, 9.17) is 0 Å². The van der Waals surface area contributed by atoms with Crippen LogP contribution in [0.3, 0.4) is 0 Å². The molecule has 0 saturated carbocycles. The monoisotopic (exact) mass is 361 g/mol. The number of nitrogens with zero attached hydrogens (tertiary/aromatic N) is 2. The van der Waals surface area contributed by atoms with Crippen molar-refractivity contribution in [2.75, 3.05) is 5.32 Å². The molecule has 0 unspecified atom stereocenters. The normalized spacial score (nSPS) is 11.0. The van der Waals surface area contributed by atoms with Crippen molar-refractivity contribution < 1.29 is 4.79 Å². The van der Waals surface area contributed by atoms with Crippen LogP contribution < -0.4 is 5.32 Å². The molecule has 4 rings (SSSR count). The summed E-state index contributed by atoms with van der Waals surface area (Å²) in [5.41, 5.74) is 4.00. The van der Waals surface area contributed by atoms with Gasteiger partial charge in [-0.25, -0.2) is 4.98 Å². The number of rotatable bonds is 5. The molecule has 2 aromatic heterocycles. The number of thiazole rings is 1. The molecule has 1 N–H and O–H groups in total. The summed E-state index contributed by atoms with van der Waals surface area (Å²) in [6, 6.07) is 18.1. The fourth-order valence-corrected chi connectivity index (χ4v) is 3.62. The highest BCUT2D eigenvalue weighted by Gasteiger charge is 2.06. The van der Waals surface area contributed by atoms with Gasteiger partial charge in [-0.1, -0.05) is 30.3 Å². The predicted molar refractivity (Wildman–Crippen MR) is 107 cm³/mol. The molecular formula is C21H19N3OS. The summed E-state index contributed by atoms with van der Waals surface area (Å²) in [6.07, 6.45) is 2.47. The maximum absolute atomic E-state index is 12.3. The van der Waals surface area contributed by atoms with Crippen LogP contribution in [-0.4, -0.2) is 15.5 Å². The number of carbonyl (C=O) groups is 1. The van der Waals surface area contributed by atoms with E-state index in [2.05, 4.69) is 33.1 Å². The average molecular weight is 361 g/mol. The van der Waals surface area contributed by atoms with Gasteiger partial charge < -0.3 is 9.88 Å². The van der Waals surface area contributed by atoms with Gasteiger partial charge in [0.15, 0.2) is 0 Å². The van der Waals surface area contributed by atoms with Crippen LogP contribution in [0.15, 0.2) is 66.2 Å². The Balaban J connectivity index is 1.37. The molecule has 0 aliphatic rings. The first kappa shape index (κ1) is 16.5. The lowest BCUT2D eigenvalue weighted by atomic mass is 10.1. The van der Waals surface area contributed by atoms with Gasteiger partial charge in [0.1, 0.15) is 0 Å². The zero-order chi connectivity index (χ0) is 17.9. The minimum Gasteiger partial charge on any atom is -0.347 e. The van der Waals surface area contributed by atoms with Gasteiger partial charge in [0.2, 0.25) is 5.91 Å². The summed E-state index contributed by atoms with van der Waals surface area (Å²) < 4.78 is 2.11. The van der Waals surface area contributed by atoms with Crippen molar-refractivity contribution in [1.82, 2.24) is 9.55 Å². The molecule has 0 bridgehead atoms. The number of fused-ring (bicyclic) bond motifs is 1. The van der Waals surface area contributed by atoms with Gasteiger partial charge in [0, 0.05) is 41.3 Å². The van der Waals surface area contributed by atoms with E-state index in [9.17, 15) is 4.79 Å². The summed E-state index contributed by atoms with van der Waals surface area (Å²) in [5.74, 6) is 0.0139. The first-order valence-electron chi connectivity index (χ1n) is 8.55. The fourth-order valence-electron chi connectivity index (χ4n) is 3.00. The van der Waals surface area contributed by atoms with Gasteiger partial charge in [-0.05, 0) is 36.6 Å². The van der Waals surface area contributed by atoms with E-state index in [0.717, 1.165) is 27.5 Å². The number of carbonyl (C=O) groups excluding carboxylic acids is 1. The van der Waals surface area contributed by atoms with E-state index in [-0.39, 0.29) is 5.91 Å². The van der Waals surface area contributed by atoms with Crippen LogP contribution in [0, 0.1) is 6.92 Å². The highest BCUT2D eigenvalue weighted by Crippen LogP contribution is 2.23. The molecule has 4 nitrogen and oxygen atoms in total. The Hall–Kier alpha value is -2.92. The van der Waals surface area contributed by atoms with Gasteiger partial charge in [-0.3, -0.25) is 4.79 Å². The van der Waals surface area contributed by atoms with Crippen molar-refractivity contribution in [2.24, 2.45) is 0 Å². The molecule has 0 saturated heterocycles. The summed E-state index contributed by atoms with van der Waals surface area (Å²) in [5, 5.41) is 7.26. The van der Waals surface area contributed by atoms with Crippen molar-refractivity contribution in [2.45, 2.75) is 19.9 Å². The van der Waals surface area contributed by atoms with Crippen LogP contribution in [0.25, 0.3) is 22.2 Å². The Morgan fingerprint density at radius 1 is 1.12 bits per heavy atom. The molecule has 130 valence electrons. The Kier molecular flexibility index (Phi) is 4.54. The predicted octanol–water partition coefficient (Wildman–Crippen LogP) is 5.10. The number of hydrogen-bond acceptors (Lipinski definition) is 3. The number of amides is 1. The van der Waals surface area contributed by atoms with Gasteiger partial charge in [0.25, 0.3) is 0 Å². The van der Waals surface area contributed by atoms with Crippen LogP contribution in [0.4, 0.5) is 5.69 Å². The van der Waals surface area contributed by atoms with Crippen LogP contribution in [0.1, 0.15) is 11.4 Å². The van der Waals surface area contributed by atoms with E-state index in [1.165, 1.54) is 5.39 Å². The third-order valence-electron chi connectivity index (χ3n) is 4.34. The molecule has 0 aliphatic carbocycles. The molecule has 0 atom stereocenters. The Labute approximate surface area is 156 Å². The molecular weight excluding hydrogens is 342 g/mol. The quantitative estimate of drug-likeness (QED) is 0.537. The van der Waals surface area contributed by atoms with Crippen molar-refractivity contribution in [3.63, 3.8) is 0 Å². The number of nitrogens with one attached hydrogen (secondary N) is 1. The summed E-state index contributed by atoms with van der Waals surface area (Å²) in [4.78, 5) is 16.7. The van der Waals surface area contributed by atoms with E-state index >= 15 is 0 Å². The molecule has 1 amide bonds. The van der Waals surface area contributed by atoms with Crippen LogP contribution in [0.2, 0.25) is 0 Å². The molecule has 0 aliphatic heterocycles. The SMILES string of the molecule is Cc1nc(-c2ccc(NC(=O)CCn3ccc4ccccc43)cc2)cs1. The average Bonchev–Trinajstić information content (AvgIpc) is 3.27. The minimum atomic E-state index is 0.0139. The van der Waals surface area contributed by atoms with Gasteiger partial charge in [-0.2, -0.15) is 0 Å². The smallest absolute Gasteiger partial charge is 0.226 e. The fraction of sp³-hybridized carbons (Fsp3) is 0.143. The second kappa shape index (κ2) is 7.14. The lowest BCUT2D eigenvalue weighted by molar-refractivity contribution is -0.116. The Morgan fingerprint density at radius 2 is 1.92 bits per heavy atom. The minimum absolute atomic E-state index is 0.0139. The third kappa shape index (κ3) is 3.53. The number of hydrogen-bond donors (Lipinski definition) is 1. The van der Waals surface area contributed by atoms with E-state index in [0.29, 0.717) is 13.0 Å². The highest BCUT2D eigenvalue weighted by molar-refractivity contribution is 7.09. The van der Waals surface area contributed by atoms with Crippen molar-refractivity contribution >= 4 is 33.8 Å². The topological polar surface area (TPSA) is 46.9 Å². The van der Waals surface area contributed by atoms with Crippen molar-refractivity contribution in [3.05, 3.63) is 71.2 Å². The van der Waals surface area contributed by atoms with Crippen molar-refractivity contribution in [1.29, 1.82) is 0 Å². The zero-order valence-corrected chi connectivity index (χ0v) is 15.3. The maximum Gasteiger partial charge on any atom is 0.226 e. The standard InChI is InChI=1S/C21H19N3OS/c1-15-22-19(14-26-15)16-6-8-18(9-7-16)23-21(25)11-13-24-12-10-17-4-2-3-5-20(17)24/h2-10,12,14H,11,13H2,1H3,(H,23,25). The van der Waals surface area contributed by atoms with Gasteiger partial charge >= 0.3 is 0 Å². The second-order valence-electron chi connectivity index (χ2n) is 6.20. The summed E-state index contributed by atoms with van der Waals surface area (Å²) in [6.45, 7) is 2.66. The second-order valence-corrected chi connectivity index (χ2v) is 7.26. The van der Waals surface area contributed by atoms with Crippen LogP contribution >= 0.6 is 11.3 Å². The van der Waals surface area contributed by atoms with Crippen LogP contribution in [-0.2, 0) is 11.3 Å². The molecule has 2 heterocycles. The number of aromatic nitrogens is 2. The Bertz CT molecular complexity index is 1050.